The number of amidine groups is 1. The number of rotatable bonds is 2. The molecule has 0 bridgehead atoms. The zero-order chi connectivity index (χ0) is 22.8. The number of ether oxygens (including phenoxy) is 1. The monoisotopic (exact) mass is 439 g/mol. The summed E-state index contributed by atoms with van der Waals surface area (Å²) in [4.78, 5) is 22.3. The first kappa shape index (κ1) is 21.3. The van der Waals surface area contributed by atoms with Crippen LogP contribution in [0.15, 0.2) is 71.7 Å². The van der Waals surface area contributed by atoms with E-state index >= 15 is 0 Å². The van der Waals surface area contributed by atoms with Gasteiger partial charge in [-0.15, -0.1) is 0 Å². The van der Waals surface area contributed by atoms with Crippen LogP contribution in [0, 0.1) is 13.8 Å². The van der Waals surface area contributed by atoms with Crippen molar-refractivity contribution in [2.45, 2.75) is 26.7 Å². The number of nitrogens with zero attached hydrogens (tertiary/aromatic N) is 3. The van der Waals surface area contributed by atoms with Gasteiger partial charge in [0.15, 0.2) is 5.75 Å². The molecule has 2 heterocycles. The topological polar surface area (TPSA) is 45.1 Å². The first-order valence-corrected chi connectivity index (χ1v) is 11.6. The van der Waals surface area contributed by atoms with Gasteiger partial charge in [-0.2, -0.15) is 0 Å². The Morgan fingerprint density at radius 1 is 0.879 bits per heavy atom. The molecule has 1 amide bonds. The largest absolute Gasteiger partial charge is 0.454 e. The Kier molecular flexibility index (Phi) is 5.86. The molecule has 0 saturated carbocycles. The van der Waals surface area contributed by atoms with Gasteiger partial charge in [-0.05, 0) is 55.7 Å². The Bertz CT molecular complexity index is 1200. The molecule has 2 aliphatic heterocycles. The number of hydrogen-bond acceptors (Lipinski definition) is 4. The van der Waals surface area contributed by atoms with Crippen molar-refractivity contribution in [3.63, 3.8) is 0 Å². The predicted octanol–water partition coefficient (Wildman–Crippen LogP) is 5.26. The molecule has 0 spiro atoms. The van der Waals surface area contributed by atoms with E-state index in [-0.39, 0.29) is 5.91 Å². The lowest BCUT2D eigenvalue weighted by molar-refractivity contribution is -0.130. The summed E-state index contributed by atoms with van der Waals surface area (Å²) >= 11 is 0. The number of carbonyl (C=O) groups excluding carboxylic acids is 1. The Balaban J connectivity index is 1.41. The molecule has 3 aromatic carbocycles. The lowest BCUT2D eigenvalue weighted by Gasteiger charge is -2.25. The summed E-state index contributed by atoms with van der Waals surface area (Å²) in [5.74, 6) is 2.72. The summed E-state index contributed by atoms with van der Waals surface area (Å²) in [6.45, 7) is 7.20. The fourth-order valence-corrected chi connectivity index (χ4v) is 4.50. The summed E-state index contributed by atoms with van der Waals surface area (Å²) in [5.41, 5.74) is 5.22. The minimum atomic E-state index is 0.186. The molecule has 2 aliphatic rings. The predicted molar refractivity (Wildman–Crippen MR) is 132 cm³/mol. The molecule has 5 nitrogen and oxygen atoms in total. The molecule has 1 fully saturated rings. The van der Waals surface area contributed by atoms with Crippen molar-refractivity contribution in [1.82, 2.24) is 9.80 Å². The molecule has 0 atom stereocenters. The highest BCUT2D eigenvalue weighted by molar-refractivity contribution is 6.04. The van der Waals surface area contributed by atoms with Crippen LogP contribution in [0.2, 0.25) is 0 Å². The van der Waals surface area contributed by atoms with Crippen molar-refractivity contribution in [2.24, 2.45) is 4.99 Å². The van der Waals surface area contributed by atoms with Gasteiger partial charge in [0.05, 0.1) is 12.0 Å². The highest BCUT2D eigenvalue weighted by Crippen LogP contribution is 2.39. The fourth-order valence-electron chi connectivity index (χ4n) is 4.50. The van der Waals surface area contributed by atoms with Crippen LogP contribution in [0.1, 0.15) is 28.7 Å². The lowest BCUT2D eigenvalue weighted by Crippen LogP contribution is -2.38. The second-order valence-corrected chi connectivity index (χ2v) is 8.89. The van der Waals surface area contributed by atoms with Crippen LogP contribution in [0.5, 0.6) is 11.5 Å². The van der Waals surface area contributed by atoms with Crippen molar-refractivity contribution >= 4 is 17.4 Å². The molecule has 0 radical (unpaired) electrons. The van der Waals surface area contributed by atoms with E-state index in [0.29, 0.717) is 13.0 Å². The van der Waals surface area contributed by atoms with E-state index < -0.39 is 0 Å². The van der Waals surface area contributed by atoms with Gasteiger partial charge in [0.25, 0.3) is 0 Å². The van der Waals surface area contributed by atoms with Crippen LogP contribution in [-0.4, -0.2) is 47.7 Å². The summed E-state index contributed by atoms with van der Waals surface area (Å²) in [5, 5.41) is 0. The molecule has 0 unspecified atom stereocenters. The lowest BCUT2D eigenvalue weighted by atomic mass is 10.1. The van der Waals surface area contributed by atoms with Crippen LogP contribution in [0.25, 0.3) is 0 Å². The van der Waals surface area contributed by atoms with Gasteiger partial charge in [-0.1, -0.05) is 48.0 Å². The average Bonchev–Trinajstić information content (AvgIpc) is 3.14. The number of fused-ring (bicyclic) bond motifs is 2. The maximum absolute atomic E-state index is 13.0. The minimum Gasteiger partial charge on any atom is -0.454 e. The molecular formula is C28H29N3O2. The normalized spacial score (nSPS) is 15.5. The number of carbonyl (C=O) groups is 1. The van der Waals surface area contributed by atoms with Gasteiger partial charge < -0.3 is 14.5 Å². The maximum Gasteiger partial charge on any atom is 0.227 e. The third-order valence-electron chi connectivity index (χ3n) is 6.28. The zero-order valence-corrected chi connectivity index (χ0v) is 19.3. The third kappa shape index (κ3) is 4.63. The third-order valence-corrected chi connectivity index (χ3v) is 6.28. The molecule has 1 saturated heterocycles. The van der Waals surface area contributed by atoms with Crippen LogP contribution in [0.3, 0.4) is 0 Å². The van der Waals surface area contributed by atoms with Gasteiger partial charge in [0.1, 0.15) is 17.3 Å². The second kappa shape index (κ2) is 9.10. The first-order valence-electron chi connectivity index (χ1n) is 11.6. The number of amides is 1. The van der Waals surface area contributed by atoms with Crippen molar-refractivity contribution in [3.8, 4) is 11.5 Å². The summed E-state index contributed by atoms with van der Waals surface area (Å²) in [6, 6.07) is 22.4. The van der Waals surface area contributed by atoms with E-state index in [1.807, 2.05) is 53.4 Å². The standard InChI is InChI=1S/C28H29N3O2/c1-20-10-12-25-23(17-20)28(29-24-11-9-21(2)18-26(24)33-25)31-14-6-13-30(15-16-31)27(32)19-22-7-4-3-5-8-22/h3-5,7-12,17-18H,6,13-16,19H2,1-2H3. The molecular weight excluding hydrogens is 410 g/mol. The van der Waals surface area contributed by atoms with Gasteiger partial charge in [0, 0.05) is 26.2 Å². The highest BCUT2D eigenvalue weighted by Gasteiger charge is 2.26. The highest BCUT2D eigenvalue weighted by atomic mass is 16.5. The molecule has 0 aromatic heterocycles. The first-order chi connectivity index (χ1) is 16.1. The SMILES string of the molecule is Cc1ccc2c(c1)Oc1ccc(C)cc1C(N1CCCN(C(=O)Cc3ccccc3)CC1)=N2. The van der Waals surface area contributed by atoms with Crippen LogP contribution in [-0.2, 0) is 11.2 Å². The van der Waals surface area contributed by atoms with E-state index in [4.69, 9.17) is 9.73 Å². The summed E-state index contributed by atoms with van der Waals surface area (Å²) in [7, 11) is 0. The van der Waals surface area contributed by atoms with Gasteiger partial charge >= 0.3 is 0 Å². The van der Waals surface area contributed by atoms with Gasteiger partial charge in [-0.3, -0.25) is 4.79 Å². The fraction of sp³-hybridized carbons (Fsp3) is 0.286. The van der Waals surface area contributed by atoms with E-state index in [1.54, 1.807) is 0 Å². The molecule has 0 N–H and O–H groups in total. The zero-order valence-electron chi connectivity index (χ0n) is 19.3. The Hall–Kier alpha value is -3.60. The van der Waals surface area contributed by atoms with E-state index in [2.05, 4.69) is 36.9 Å². The van der Waals surface area contributed by atoms with Crippen molar-refractivity contribution in [3.05, 3.63) is 89.0 Å². The Morgan fingerprint density at radius 3 is 2.52 bits per heavy atom. The smallest absolute Gasteiger partial charge is 0.227 e. The summed E-state index contributed by atoms with van der Waals surface area (Å²) < 4.78 is 6.31. The number of hydrogen-bond donors (Lipinski definition) is 0. The van der Waals surface area contributed by atoms with Gasteiger partial charge in [0.2, 0.25) is 5.91 Å². The number of benzene rings is 3. The average molecular weight is 440 g/mol. The molecule has 5 heteroatoms. The van der Waals surface area contributed by atoms with Crippen LogP contribution >= 0.6 is 0 Å². The molecule has 3 aromatic rings. The molecule has 33 heavy (non-hydrogen) atoms. The van der Waals surface area contributed by atoms with E-state index in [0.717, 1.165) is 65.8 Å². The number of aryl methyl sites for hydroxylation is 2. The van der Waals surface area contributed by atoms with Crippen LogP contribution in [0.4, 0.5) is 5.69 Å². The summed E-state index contributed by atoms with van der Waals surface area (Å²) in [6.07, 6.45) is 1.35. The second-order valence-electron chi connectivity index (χ2n) is 8.89. The Morgan fingerprint density at radius 2 is 1.67 bits per heavy atom. The maximum atomic E-state index is 13.0. The Labute approximate surface area is 195 Å². The quantitative estimate of drug-likeness (QED) is 0.547. The van der Waals surface area contributed by atoms with Crippen LogP contribution < -0.4 is 4.74 Å². The van der Waals surface area contributed by atoms with E-state index in [9.17, 15) is 4.79 Å². The van der Waals surface area contributed by atoms with Crippen molar-refractivity contribution < 1.29 is 9.53 Å². The van der Waals surface area contributed by atoms with Crippen molar-refractivity contribution in [2.75, 3.05) is 26.2 Å². The van der Waals surface area contributed by atoms with Crippen molar-refractivity contribution in [1.29, 1.82) is 0 Å². The minimum absolute atomic E-state index is 0.186. The molecule has 5 rings (SSSR count). The number of aliphatic imine (C=N–C) groups is 1. The van der Waals surface area contributed by atoms with E-state index in [1.165, 1.54) is 5.56 Å². The molecule has 0 aliphatic carbocycles. The molecule has 168 valence electrons. The van der Waals surface area contributed by atoms with Gasteiger partial charge in [-0.25, -0.2) is 4.99 Å².